The molecule has 3 N–H and O–H groups in total. The molecule has 1 rings (SSSR count). The molecule has 0 saturated carbocycles. The van der Waals surface area contributed by atoms with Crippen LogP contribution in [0.4, 0.5) is 0 Å². The Morgan fingerprint density at radius 1 is 1.73 bits per heavy atom. The van der Waals surface area contributed by atoms with Crippen LogP contribution in [0.1, 0.15) is 10.4 Å². The van der Waals surface area contributed by atoms with Crippen molar-refractivity contribution in [2.24, 2.45) is 5.73 Å². The Kier molecular flexibility index (Phi) is 2.28. The van der Waals surface area contributed by atoms with Crippen molar-refractivity contribution < 1.29 is 9.90 Å². The van der Waals surface area contributed by atoms with Gasteiger partial charge in [0.05, 0.1) is 12.2 Å². The van der Waals surface area contributed by atoms with Crippen LogP contribution in [0.25, 0.3) is 0 Å². The molecule has 0 bridgehead atoms. The highest BCUT2D eigenvalue weighted by Crippen LogP contribution is 1.98. The van der Waals surface area contributed by atoms with Crippen LogP contribution < -0.4 is 5.73 Å². The zero-order chi connectivity index (χ0) is 8.27. The third kappa shape index (κ3) is 1.81. The van der Waals surface area contributed by atoms with E-state index in [9.17, 15) is 4.79 Å². The van der Waals surface area contributed by atoms with E-state index in [2.05, 4.69) is 0 Å². The largest absolute Gasteiger partial charge is 0.395 e. The SMILES string of the molecule is NC(=O)c1ccn(CCO)c1. The Labute approximate surface area is 64.2 Å². The average Bonchev–Trinajstić information content (AvgIpc) is 2.37. The zero-order valence-electron chi connectivity index (χ0n) is 6.03. The van der Waals surface area contributed by atoms with E-state index in [0.29, 0.717) is 12.1 Å². The number of primary amides is 1. The van der Waals surface area contributed by atoms with Crippen molar-refractivity contribution in [2.75, 3.05) is 6.61 Å². The van der Waals surface area contributed by atoms with Crippen LogP contribution in [0.15, 0.2) is 18.5 Å². The number of aliphatic hydroxyl groups excluding tert-OH is 1. The van der Waals surface area contributed by atoms with Crippen LogP contribution >= 0.6 is 0 Å². The number of nitrogens with two attached hydrogens (primary N) is 1. The number of hydrogen-bond donors (Lipinski definition) is 2. The maximum atomic E-state index is 10.6. The lowest BCUT2D eigenvalue weighted by Gasteiger charge is -1.95. The van der Waals surface area contributed by atoms with Gasteiger partial charge in [-0.2, -0.15) is 0 Å². The highest BCUT2D eigenvalue weighted by molar-refractivity contribution is 5.92. The molecule has 0 aliphatic heterocycles. The van der Waals surface area contributed by atoms with Gasteiger partial charge in [-0.3, -0.25) is 4.79 Å². The van der Waals surface area contributed by atoms with E-state index < -0.39 is 5.91 Å². The van der Waals surface area contributed by atoms with Gasteiger partial charge in [0.15, 0.2) is 0 Å². The molecule has 1 amide bonds. The topological polar surface area (TPSA) is 68.2 Å². The normalized spacial score (nSPS) is 9.91. The molecule has 4 nitrogen and oxygen atoms in total. The van der Waals surface area contributed by atoms with Crippen LogP contribution in [0.3, 0.4) is 0 Å². The Hall–Kier alpha value is -1.29. The van der Waals surface area contributed by atoms with E-state index in [4.69, 9.17) is 10.8 Å². The third-order valence-electron chi connectivity index (χ3n) is 1.39. The number of carbonyl (C=O) groups excluding carboxylic acids is 1. The summed E-state index contributed by atoms with van der Waals surface area (Å²) in [6, 6.07) is 1.62. The highest BCUT2D eigenvalue weighted by Gasteiger charge is 2.00. The summed E-state index contributed by atoms with van der Waals surface area (Å²) in [4.78, 5) is 10.6. The van der Waals surface area contributed by atoms with Crippen molar-refractivity contribution in [1.29, 1.82) is 0 Å². The fourth-order valence-electron chi connectivity index (χ4n) is 0.841. The van der Waals surface area contributed by atoms with Gasteiger partial charge in [0.25, 0.3) is 0 Å². The van der Waals surface area contributed by atoms with Gasteiger partial charge < -0.3 is 15.4 Å². The number of rotatable bonds is 3. The minimum atomic E-state index is -0.443. The van der Waals surface area contributed by atoms with Gasteiger partial charge in [0.1, 0.15) is 0 Å². The number of carbonyl (C=O) groups is 1. The van der Waals surface area contributed by atoms with Crippen LogP contribution in [0, 0.1) is 0 Å². The first-order chi connectivity index (χ1) is 5.24. The standard InChI is InChI=1S/C7H10N2O2/c8-7(11)6-1-2-9(5-6)3-4-10/h1-2,5,10H,3-4H2,(H2,8,11). The Bertz CT molecular complexity index is 255. The molecule has 0 aliphatic carbocycles. The number of aromatic nitrogens is 1. The van der Waals surface area contributed by atoms with Gasteiger partial charge in [-0.25, -0.2) is 0 Å². The van der Waals surface area contributed by atoms with Crippen molar-refractivity contribution in [2.45, 2.75) is 6.54 Å². The molecule has 0 unspecified atom stereocenters. The molecule has 11 heavy (non-hydrogen) atoms. The smallest absolute Gasteiger partial charge is 0.250 e. The predicted octanol–water partition coefficient (Wildman–Crippen LogP) is -0.421. The minimum absolute atomic E-state index is 0.0624. The number of nitrogens with zero attached hydrogens (tertiary/aromatic N) is 1. The lowest BCUT2D eigenvalue weighted by atomic mass is 10.3. The first-order valence-electron chi connectivity index (χ1n) is 3.30. The second-order valence-electron chi connectivity index (χ2n) is 2.23. The fourth-order valence-corrected chi connectivity index (χ4v) is 0.841. The van der Waals surface area contributed by atoms with Crippen molar-refractivity contribution in [3.05, 3.63) is 24.0 Å². The Morgan fingerprint density at radius 2 is 2.45 bits per heavy atom. The van der Waals surface area contributed by atoms with E-state index in [1.54, 1.807) is 23.0 Å². The maximum absolute atomic E-state index is 10.6. The molecule has 0 aliphatic rings. The van der Waals surface area contributed by atoms with Crippen molar-refractivity contribution in [3.63, 3.8) is 0 Å². The van der Waals surface area contributed by atoms with E-state index >= 15 is 0 Å². The predicted molar refractivity (Wildman–Crippen MR) is 40.0 cm³/mol. The van der Waals surface area contributed by atoms with Gasteiger partial charge in [0, 0.05) is 18.9 Å². The summed E-state index contributed by atoms with van der Waals surface area (Å²) in [6.45, 7) is 0.556. The molecule has 0 atom stereocenters. The van der Waals surface area contributed by atoms with E-state index in [-0.39, 0.29) is 6.61 Å². The Balaban J connectivity index is 2.73. The lowest BCUT2D eigenvalue weighted by Crippen LogP contribution is -2.09. The summed E-state index contributed by atoms with van der Waals surface area (Å²) < 4.78 is 1.71. The molecule has 4 heteroatoms. The molecule has 60 valence electrons. The van der Waals surface area contributed by atoms with Crippen molar-refractivity contribution in [3.8, 4) is 0 Å². The number of aliphatic hydroxyl groups is 1. The summed E-state index contributed by atoms with van der Waals surface area (Å²) in [5.41, 5.74) is 5.48. The molecule has 0 aromatic carbocycles. The van der Waals surface area contributed by atoms with Gasteiger partial charge in [0.2, 0.25) is 5.91 Å². The monoisotopic (exact) mass is 154 g/mol. The minimum Gasteiger partial charge on any atom is -0.395 e. The molecule has 0 saturated heterocycles. The second-order valence-corrected chi connectivity index (χ2v) is 2.23. The molecule has 1 aromatic heterocycles. The van der Waals surface area contributed by atoms with Crippen LogP contribution in [-0.2, 0) is 6.54 Å². The lowest BCUT2D eigenvalue weighted by molar-refractivity contribution is 0.1000. The van der Waals surface area contributed by atoms with Crippen molar-refractivity contribution in [1.82, 2.24) is 4.57 Å². The average molecular weight is 154 g/mol. The second kappa shape index (κ2) is 3.21. The molecule has 1 heterocycles. The summed E-state index contributed by atoms with van der Waals surface area (Å²) in [5.74, 6) is -0.443. The van der Waals surface area contributed by atoms with Crippen LogP contribution in [0.2, 0.25) is 0 Å². The number of hydrogen-bond acceptors (Lipinski definition) is 2. The molecular formula is C7H10N2O2. The molecule has 1 aromatic rings. The quantitative estimate of drug-likeness (QED) is 0.620. The van der Waals surface area contributed by atoms with Gasteiger partial charge in [-0.05, 0) is 6.07 Å². The molecular weight excluding hydrogens is 144 g/mol. The maximum Gasteiger partial charge on any atom is 0.250 e. The summed E-state index contributed by atoms with van der Waals surface area (Å²) in [6.07, 6.45) is 3.31. The van der Waals surface area contributed by atoms with Crippen molar-refractivity contribution >= 4 is 5.91 Å². The van der Waals surface area contributed by atoms with Gasteiger partial charge in [-0.1, -0.05) is 0 Å². The van der Waals surface area contributed by atoms with E-state index in [0.717, 1.165) is 0 Å². The zero-order valence-corrected chi connectivity index (χ0v) is 6.03. The van der Waals surface area contributed by atoms with Crippen LogP contribution in [0.5, 0.6) is 0 Å². The third-order valence-corrected chi connectivity index (χ3v) is 1.39. The summed E-state index contributed by atoms with van der Waals surface area (Å²) >= 11 is 0. The van der Waals surface area contributed by atoms with Gasteiger partial charge in [-0.15, -0.1) is 0 Å². The molecule has 0 spiro atoms. The van der Waals surface area contributed by atoms with E-state index in [1.807, 2.05) is 0 Å². The summed E-state index contributed by atoms with van der Waals surface area (Å²) in [7, 11) is 0. The van der Waals surface area contributed by atoms with Crippen LogP contribution in [-0.4, -0.2) is 22.2 Å². The fraction of sp³-hybridized carbons (Fsp3) is 0.286. The first kappa shape index (κ1) is 7.81. The molecule has 0 fully saturated rings. The summed E-state index contributed by atoms with van der Waals surface area (Å²) in [5, 5.41) is 8.53. The molecule has 0 radical (unpaired) electrons. The van der Waals surface area contributed by atoms with Gasteiger partial charge >= 0.3 is 0 Å². The Morgan fingerprint density at radius 3 is 2.91 bits per heavy atom. The van der Waals surface area contributed by atoms with E-state index in [1.165, 1.54) is 0 Å². The highest BCUT2D eigenvalue weighted by atomic mass is 16.3. The number of amides is 1. The first-order valence-corrected chi connectivity index (χ1v) is 3.30.